The number of aromatic nitrogens is 4. The van der Waals surface area contributed by atoms with Crippen molar-refractivity contribution in [3.05, 3.63) is 35.6 Å². The standard InChI is InChI=1S/C11H14FN5S/c1-13-6-7-17-11(14-15-16-17)18-8-9-4-2-3-5-10(9)12/h2-5,13H,6-8H2,1H3. The molecule has 1 aromatic heterocycles. The summed E-state index contributed by atoms with van der Waals surface area (Å²) in [6, 6.07) is 6.73. The van der Waals surface area contributed by atoms with Crippen molar-refractivity contribution < 1.29 is 4.39 Å². The molecule has 0 radical (unpaired) electrons. The molecule has 0 aliphatic rings. The minimum absolute atomic E-state index is 0.195. The summed E-state index contributed by atoms with van der Waals surface area (Å²) in [5, 5.41) is 15.2. The number of nitrogens with one attached hydrogen (secondary N) is 1. The highest BCUT2D eigenvalue weighted by molar-refractivity contribution is 7.98. The molecule has 0 amide bonds. The summed E-state index contributed by atoms with van der Waals surface area (Å²) < 4.78 is 15.2. The van der Waals surface area contributed by atoms with Crippen LogP contribution in [0.5, 0.6) is 0 Å². The van der Waals surface area contributed by atoms with Gasteiger partial charge >= 0.3 is 0 Å². The van der Waals surface area contributed by atoms with Gasteiger partial charge in [-0.3, -0.25) is 0 Å². The first kappa shape index (κ1) is 13.0. The van der Waals surface area contributed by atoms with E-state index in [2.05, 4.69) is 20.8 Å². The molecule has 0 aliphatic heterocycles. The Balaban J connectivity index is 1.98. The number of halogens is 1. The number of likely N-dealkylation sites (N-methyl/N-ethyl adjacent to an activating group) is 1. The first-order valence-corrected chi connectivity index (χ1v) is 6.57. The fraction of sp³-hybridized carbons (Fsp3) is 0.364. The maximum absolute atomic E-state index is 13.4. The SMILES string of the molecule is CNCCn1nnnc1SCc1ccccc1F. The van der Waals surface area contributed by atoms with Gasteiger partial charge in [0, 0.05) is 12.3 Å². The first-order chi connectivity index (χ1) is 8.81. The third-order valence-corrected chi connectivity index (χ3v) is 3.39. The van der Waals surface area contributed by atoms with E-state index in [0.717, 1.165) is 6.54 Å². The van der Waals surface area contributed by atoms with Crippen molar-refractivity contribution in [2.45, 2.75) is 17.5 Å². The zero-order chi connectivity index (χ0) is 12.8. The molecule has 18 heavy (non-hydrogen) atoms. The zero-order valence-electron chi connectivity index (χ0n) is 10.0. The quantitative estimate of drug-likeness (QED) is 0.800. The zero-order valence-corrected chi connectivity index (χ0v) is 10.8. The predicted octanol–water partition coefficient (Wildman–Crippen LogP) is 1.32. The van der Waals surface area contributed by atoms with Crippen molar-refractivity contribution in [2.24, 2.45) is 0 Å². The van der Waals surface area contributed by atoms with Gasteiger partial charge in [0.05, 0.1) is 6.54 Å². The lowest BCUT2D eigenvalue weighted by Gasteiger charge is -2.04. The molecule has 0 bridgehead atoms. The van der Waals surface area contributed by atoms with Gasteiger partial charge in [-0.1, -0.05) is 30.0 Å². The van der Waals surface area contributed by atoms with E-state index in [1.807, 2.05) is 13.1 Å². The van der Waals surface area contributed by atoms with Gasteiger partial charge in [-0.2, -0.15) is 0 Å². The van der Waals surface area contributed by atoms with E-state index in [4.69, 9.17) is 0 Å². The Morgan fingerprint density at radius 3 is 3.00 bits per heavy atom. The second kappa shape index (κ2) is 6.46. The van der Waals surface area contributed by atoms with Crippen LogP contribution in [0, 0.1) is 5.82 Å². The predicted molar refractivity (Wildman–Crippen MR) is 67.7 cm³/mol. The van der Waals surface area contributed by atoms with Crippen LogP contribution >= 0.6 is 11.8 Å². The number of hydrogen-bond donors (Lipinski definition) is 1. The lowest BCUT2D eigenvalue weighted by atomic mass is 10.2. The van der Waals surface area contributed by atoms with Crippen LogP contribution in [0.3, 0.4) is 0 Å². The number of rotatable bonds is 6. The highest BCUT2D eigenvalue weighted by Gasteiger charge is 2.08. The Labute approximate surface area is 109 Å². The first-order valence-electron chi connectivity index (χ1n) is 5.58. The molecule has 0 aliphatic carbocycles. The van der Waals surface area contributed by atoms with Gasteiger partial charge in [0.2, 0.25) is 5.16 Å². The van der Waals surface area contributed by atoms with E-state index in [1.54, 1.807) is 16.8 Å². The fourth-order valence-electron chi connectivity index (χ4n) is 1.42. The van der Waals surface area contributed by atoms with E-state index >= 15 is 0 Å². The molecule has 1 N–H and O–H groups in total. The number of tetrazole rings is 1. The van der Waals surface area contributed by atoms with Crippen LogP contribution < -0.4 is 5.32 Å². The third-order valence-electron chi connectivity index (χ3n) is 2.39. The maximum atomic E-state index is 13.4. The summed E-state index contributed by atoms with van der Waals surface area (Å²) in [6.07, 6.45) is 0. The van der Waals surface area contributed by atoms with Crippen LogP contribution in [0.4, 0.5) is 4.39 Å². The number of nitrogens with zero attached hydrogens (tertiary/aromatic N) is 4. The molecule has 1 aromatic carbocycles. The fourth-order valence-corrected chi connectivity index (χ4v) is 2.31. The van der Waals surface area contributed by atoms with E-state index in [9.17, 15) is 4.39 Å². The Kier molecular flexibility index (Phi) is 4.66. The molecule has 5 nitrogen and oxygen atoms in total. The van der Waals surface area contributed by atoms with Crippen LogP contribution in [-0.2, 0) is 12.3 Å². The second-order valence-electron chi connectivity index (χ2n) is 3.67. The normalized spacial score (nSPS) is 10.8. The van der Waals surface area contributed by atoms with E-state index < -0.39 is 0 Å². The highest BCUT2D eigenvalue weighted by Crippen LogP contribution is 2.21. The third kappa shape index (κ3) is 3.27. The Hall–Kier alpha value is -1.47. The molecule has 7 heteroatoms. The summed E-state index contributed by atoms with van der Waals surface area (Å²) >= 11 is 1.43. The van der Waals surface area contributed by atoms with Crippen LogP contribution in [-0.4, -0.2) is 33.8 Å². The van der Waals surface area contributed by atoms with Gasteiger partial charge in [-0.25, -0.2) is 9.07 Å². The average molecular weight is 267 g/mol. The van der Waals surface area contributed by atoms with Gasteiger partial charge in [0.1, 0.15) is 5.82 Å². The summed E-state index contributed by atoms with van der Waals surface area (Å²) in [4.78, 5) is 0. The summed E-state index contributed by atoms with van der Waals surface area (Å²) in [5.74, 6) is 0.325. The average Bonchev–Trinajstić information content (AvgIpc) is 2.83. The van der Waals surface area contributed by atoms with Crippen molar-refractivity contribution >= 4 is 11.8 Å². The minimum Gasteiger partial charge on any atom is -0.318 e. The molecule has 2 aromatic rings. The van der Waals surface area contributed by atoms with Crippen LogP contribution in [0.1, 0.15) is 5.56 Å². The number of thioether (sulfide) groups is 1. The summed E-state index contributed by atoms with van der Waals surface area (Å²) in [7, 11) is 1.87. The number of hydrogen-bond acceptors (Lipinski definition) is 5. The largest absolute Gasteiger partial charge is 0.318 e. The Morgan fingerprint density at radius 1 is 1.39 bits per heavy atom. The molecule has 2 rings (SSSR count). The number of benzene rings is 1. The monoisotopic (exact) mass is 267 g/mol. The van der Waals surface area contributed by atoms with Crippen LogP contribution in [0.15, 0.2) is 29.4 Å². The molecule has 0 saturated heterocycles. The van der Waals surface area contributed by atoms with Gasteiger partial charge in [-0.05, 0) is 29.1 Å². The molecular formula is C11H14FN5S. The van der Waals surface area contributed by atoms with Crippen molar-refractivity contribution in [1.29, 1.82) is 0 Å². The molecule has 0 atom stereocenters. The van der Waals surface area contributed by atoms with Gasteiger partial charge < -0.3 is 5.32 Å². The van der Waals surface area contributed by atoms with Gasteiger partial charge in [-0.15, -0.1) is 5.10 Å². The van der Waals surface area contributed by atoms with Crippen LogP contribution in [0.2, 0.25) is 0 Å². The van der Waals surface area contributed by atoms with Crippen molar-refractivity contribution in [2.75, 3.05) is 13.6 Å². The highest BCUT2D eigenvalue weighted by atomic mass is 32.2. The molecular weight excluding hydrogens is 253 g/mol. The molecule has 0 saturated carbocycles. The summed E-state index contributed by atoms with van der Waals surface area (Å²) in [6.45, 7) is 1.49. The molecule has 1 heterocycles. The topological polar surface area (TPSA) is 55.6 Å². The molecule has 0 spiro atoms. The second-order valence-corrected chi connectivity index (χ2v) is 4.61. The lowest BCUT2D eigenvalue weighted by Crippen LogP contribution is -2.16. The smallest absolute Gasteiger partial charge is 0.209 e. The molecule has 0 fully saturated rings. The lowest BCUT2D eigenvalue weighted by molar-refractivity contribution is 0.530. The Morgan fingerprint density at radius 2 is 2.22 bits per heavy atom. The molecule has 96 valence electrons. The minimum atomic E-state index is -0.195. The maximum Gasteiger partial charge on any atom is 0.209 e. The van der Waals surface area contributed by atoms with Gasteiger partial charge in [0.15, 0.2) is 0 Å². The van der Waals surface area contributed by atoms with Crippen LogP contribution in [0.25, 0.3) is 0 Å². The van der Waals surface area contributed by atoms with E-state index in [1.165, 1.54) is 17.8 Å². The van der Waals surface area contributed by atoms with Gasteiger partial charge in [0.25, 0.3) is 0 Å². The molecule has 0 unspecified atom stereocenters. The summed E-state index contributed by atoms with van der Waals surface area (Å²) in [5.41, 5.74) is 0.658. The van der Waals surface area contributed by atoms with Crippen molar-refractivity contribution in [3.63, 3.8) is 0 Å². The Bertz CT molecular complexity index is 502. The van der Waals surface area contributed by atoms with E-state index in [0.29, 0.717) is 23.0 Å². The van der Waals surface area contributed by atoms with Crippen molar-refractivity contribution in [3.8, 4) is 0 Å². The van der Waals surface area contributed by atoms with Crippen molar-refractivity contribution in [1.82, 2.24) is 25.5 Å². The van der Waals surface area contributed by atoms with E-state index in [-0.39, 0.29) is 5.82 Å².